The van der Waals surface area contributed by atoms with Gasteiger partial charge < -0.3 is 10.5 Å². The molecule has 2 aromatic rings. The van der Waals surface area contributed by atoms with Crippen LogP contribution in [0.5, 0.6) is 5.88 Å². The number of fused-ring (bicyclic) bond motifs is 1. The van der Waals surface area contributed by atoms with Gasteiger partial charge in [-0.15, -0.1) is 0 Å². The molecule has 0 radical (unpaired) electrons. The van der Waals surface area contributed by atoms with Crippen LogP contribution in [0.2, 0.25) is 0 Å². The number of aromatic nitrogens is 1. The molecule has 3 rings (SSSR count). The van der Waals surface area contributed by atoms with E-state index in [1.165, 1.54) is 11.6 Å². The Labute approximate surface area is 128 Å². The lowest BCUT2D eigenvalue weighted by molar-refractivity contribution is 0.287. The topological polar surface area (TPSA) is 48.1 Å². The predicted molar refractivity (Wildman–Crippen MR) is 82.9 cm³/mol. The maximum atomic E-state index is 13.6. The van der Waals surface area contributed by atoms with Gasteiger partial charge in [0.05, 0.1) is 5.56 Å². The third-order valence-corrected chi connectivity index (χ3v) is 3.82. The Morgan fingerprint density at radius 2 is 2.14 bits per heavy atom. The molecule has 1 aliphatic rings. The van der Waals surface area contributed by atoms with E-state index >= 15 is 0 Å². The molecule has 1 heterocycles. The standard InChI is InChI=1S/C16H15FN2OS/c17-13-6-2-1-4-11(13)9-20-16-12(15(18)21)8-10-5-3-7-14(10)19-16/h1-2,4,6,8H,3,5,7,9H2,(H2,18,21). The number of hydrogen-bond acceptors (Lipinski definition) is 3. The van der Waals surface area contributed by atoms with E-state index in [0.717, 1.165) is 25.0 Å². The summed E-state index contributed by atoms with van der Waals surface area (Å²) in [4.78, 5) is 4.76. The molecule has 0 saturated heterocycles. The molecule has 0 bridgehead atoms. The van der Waals surface area contributed by atoms with Gasteiger partial charge in [-0.3, -0.25) is 0 Å². The summed E-state index contributed by atoms with van der Waals surface area (Å²) < 4.78 is 19.3. The van der Waals surface area contributed by atoms with Crippen molar-refractivity contribution in [2.24, 2.45) is 5.73 Å². The molecule has 0 unspecified atom stereocenters. The van der Waals surface area contributed by atoms with Gasteiger partial charge in [0.25, 0.3) is 0 Å². The highest BCUT2D eigenvalue weighted by atomic mass is 32.1. The van der Waals surface area contributed by atoms with Crippen molar-refractivity contribution < 1.29 is 9.13 Å². The number of thiocarbonyl (C=S) groups is 1. The molecule has 1 aliphatic carbocycles. The van der Waals surface area contributed by atoms with E-state index < -0.39 is 0 Å². The average Bonchev–Trinajstić information content (AvgIpc) is 2.92. The Bertz CT molecular complexity index is 703. The number of ether oxygens (including phenoxy) is 1. The van der Waals surface area contributed by atoms with Crippen LogP contribution in [-0.2, 0) is 19.4 Å². The number of nitrogens with two attached hydrogens (primary N) is 1. The second-order valence-electron chi connectivity index (χ2n) is 5.04. The molecule has 0 atom stereocenters. The number of halogens is 1. The van der Waals surface area contributed by atoms with Gasteiger partial charge in [-0.05, 0) is 37.0 Å². The minimum Gasteiger partial charge on any atom is -0.472 e. The van der Waals surface area contributed by atoms with Crippen LogP contribution in [0.15, 0.2) is 30.3 Å². The second kappa shape index (κ2) is 5.77. The highest BCUT2D eigenvalue weighted by Crippen LogP contribution is 2.27. The molecule has 21 heavy (non-hydrogen) atoms. The number of rotatable bonds is 4. The van der Waals surface area contributed by atoms with E-state index in [1.54, 1.807) is 18.2 Å². The quantitative estimate of drug-likeness (QED) is 0.882. The Balaban J connectivity index is 1.88. The number of pyridine rings is 1. The van der Waals surface area contributed by atoms with Crippen molar-refractivity contribution in [2.75, 3.05) is 0 Å². The second-order valence-corrected chi connectivity index (χ2v) is 5.48. The van der Waals surface area contributed by atoms with E-state index in [1.807, 2.05) is 6.07 Å². The third kappa shape index (κ3) is 2.88. The van der Waals surface area contributed by atoms with Crippen LogP contribution in [0.1, 0.15) is 28.8 Å². The first-order chi connectivity index (χ1) is 10.1. The number of hydrogen-bond donors (Lipinski definition) is 1. The third-order valence-electron chi connectivity index (χ3n) is 3.60. The normalized spacial score (nSPS) is 13.0. The summed E-state index contributed by atoms with van der Waals surface area (Å²) in [6, 6.07) is 8.46. The van der Waals surface area contributed by atoms with Crippen LogP contribution < -0.4 is 10.5 Å². The lowest BCUT2D eigenvalue weighted by Gasteiger charge is -2.12. The van der Waals surface area contributed by atoms with Gasteiger partial charge in [-0.1, -0.05) is 30.4 Å². The molecule has 0 fully saturated rings. The first kappa shape index (κ1) is 13.9. The lowest BCUT2D eigenvalue weighted by Crippen LogP contribution is -2.14. The van der Waals surface area contributed by atoms with Crippen molar-refractivity contribution in [1.29, 1.82) is 0 Å². The predicted octanol–water partition coefficient (Wildman–Crippen LogP) is 2.92. The van der Waals surface area contributed by atoms with E-state index in [4.69, 9.17) is 22.7 Å². The molecular formula is C16H15FN2OS. The average molecular weight is 302 g/mol. The lowest BCUT2D eigenvalue weighted by atomic mass is 10.1. The Morgan fingerprint density at radius 3 is 2.90 bits per heavy atom. The summed E-state index contributed by atoms with van der Waals surface area (Å²) in [6.45, 7) is 0.105. The van der Waals surface area contributed by atoms with E-state index in [-0.39, 0.29) is 17.4 Å². The molecule has 0 saturated carbocycles. The molecule has 5 heteroatoms. The van der Waals surface area contributed by atoms with Crippen LogP contribution in [0.3, 0.4) is 0 Å². The zero-order valence-corrected chi connectivity index (χ0v) is 12.3. The maximum absolute atomic E-state index is 13.6. The molecular weight excluding hydrogens is 287 g/mol. The summed E-state index contributed by atoms with van der Waals surface area (Å²) in [5.74, 6) is 0.0990. The van der Waals surface area contributed by atoms with Gasteiger partial charge in [-0.2, -0.15) is 0 Å². The van der Waals surface area contributed by atoms with Crippen molar-refractivity contribution in [3.8, 4) is 5.88 Å². The van der Waals surface area contributed by atoms with Gasteiger partial charge in [0.15, 0.2) is 0 Å². The van der Waals surface area contributed by atoms with Gasteiger partial charge in [0.2, 0.25) is 5.88 Å². The fourth-order valence-electron chi connectivity index (χ4n) is 2.50. The van der Waals surface area contributed by atoms with E-state index in [2.05, 4.69) is 4.98 Å². The molecule has 1 aromatic carbocycles. The highest BCUT2D eigenvalue weighted by molar-refractivity contribution is 7.80. The van der Waals surface area contributed by atoms with Crippen LogP contribution in [0.25, 0.3) is 0 Å². The van der Waals surface area contributed by atoms with Crippen LogP contribution in [0.4, 0.5) is 4.39 Å². The van der Waals surface area contributed by atoms with Gasteiger partial charge in [0.1, 0.15) is 17.4 Å². The smallest absolute Gasteiger partial charge is 0.224 e. The summed E-state index contributed by atoms with van der Waals surface area (Å²) in [7, 11) is 0. The fraction of sp³-hybridized carbons (Fsp3) is 0.250. The van der Waals surface area contributed by atoms with Gasteiger partial charge in [0, 0.05) is 11.3 Å². The zero-order chi connectivity index (χ0) is 14.8. The first-order valence-corrected chi connectivity index (χ1v) is 7.25. The van der Waals surface area contributed by atoms with Gasteiger partial charge in [-0.25, -0.2) is 9.37 Å². The molecule has 108 valence electrons. The minimum absolute atomic E-state index is 0.105. The van der Waals surface area contributed by atoms with Gasteiger partial charge >= 0.3 is 0 Å². The fourth-order valence-corrected chi connectivity index (χ4v) is 2.65. The zero-order valence-electron chi connectivity index (χ0n) is 11.4. The minimum atomic E-state index is -0.296. The van der Waals surface area contributed by atoms with Crippen LogP contribution in [0, 0.1) is 5.82 Å². The Kier molecular flexibility index (Phi) is 3.84. The summed E-state index contributed by atoms with van der Waals surface area (Å²) in [6.07, 6.45) is 3.00. The number of nitrogens with zero attached hydrogens (tertiary/aromatic N) is 1. The highest BCUT2D eigenvalue weighted by Gasteiger charge is 2.18. The van der Waals surface area contributed by atoms with E-state index in [9.17, 15) is 4.39 Å². The largest absolute Gasteiger partial charge is 0.472 e. The Morgan fingerprint density at radius 1 is 1.33 bits per heavy atom. The maximum Gasteiger partial charge on any atom is 0.224 e. The van der Waals surface area contributed by atoms with Crippen molar-refractivity contribution >= 4 is 17.2 Å². The SMILES string of the molecule is NC(=S)c1cc2c(nc1OCc1ccccc1F)CCC2. The number of benzene rings is 1. The van der Waals surface area contributed by atoms with Crippen molar-refractivity contribution in [3.63, 3.8) is 0 Å². The van der Waals surface area contributed by atoms with Crippen LogP contribution >= 0.6 is 12.2 Å². The number of aryl methyl sites for hydroxylation is 2. The van der Waals surface area contributed by atoms with Crippen molar-refractivity contribution in [3.05, 3.63) is 58.5 Å². The molecule has 0 spiro atoms. The first-order valence-electron chi connectivity index (χ1n) is 6.84. The summed E-state index contributed by atoms with van der Waals surface area (Å²) in [5, 5.41) is 0. The molecule has 3 nitrogen and oxygen atoms in total. The van der Waals surface area contributed by atoms with Crippen molar-refractivity contribution in [2.45, 2.75) is 25.9 Å². The molecule has 0 amide bonds. The van der Waals surface area contributed by atoms with Crippen LogP contribution in [-0.4, -0.2) is 9.97 Å². The summed E-state index contributed by atoms with van der Waals surface area (Å²) >= 11 is 5.06. The molecule has 1 aromatic heterocycles. The molecule has 2 N–H and O–H groups in total. The Hall–Kier alpha value is -2.01. The van der Waals surface area contributed by atoms with E-state index in [0.29, 0.717) is 17.0 Å². The summed E-state index contributed by atoms with van der Waals surface area (Å²) in [5.41, 5.74) is 9.06. The molecule has 0 aliphatic heterocycles. The monoisotopic (exact) mass is 302 g/mol. The van der Waals surface area contributed by atoms with Crippen molar-refractivity contribution in [1.82, 2.24) is 4.98 Å².